The molecule has 0 heterocycles. The first-order valence-corrected chi connectivity index (χ1v) is 5.03. The third-order valence-corrected chi connectivity index (χ3v) is 2.32. The molecule has 0 aliphatic carbocycles. The Morgan fingerprint density at radius 1 is 1.50 bits per heavy atom. The Morgan fingerprint density at radius 2 is 2.19 bits per heavy atom. The van der Waals surface area contributed by atoms with Gasteiger partial charge in [-0.15, -0.1) is 0 Å². The highest BCUT2D eigenvalue weighted by molar-refractivity contribution is 5.79. The predicted molar refractivity (Wildman–Crippen MR) is 59.3 cm³/mol. The van der Waals surface area contributed by atoms with Gasteiger partial charge in [0.1, 0.15) is 11.4 Å². The van der Waals surface area contributed by atoms with Crippen molar-refractivity contribution in [1.82, 2.24) is 5.32 Å². The Bertz CT molecular complexity index is 377. The maximum atomic E-state index is 12.9. The number of nitrogens with one attached hydrogen (secondary N) is 1. The van der Waals surface area contributed by atoms with Crippen LogP contribution in [0.25, 0.3) is 0 Å². The fraction of sp³-hybridized carbons (Fsp3) is 0.417. The zero-order chi connectivity index (χ0) is 12.2. The first kappa shape index (κ1) is 12.6. The van der Waals surface area contributed by atoms with E-state index in [1.807, 2.05) is 0 Å². The molecule has 88 valence electrons. The van der Waals surface area contributed by atoms with Crippen LogP contribution in [0.15, 0.2) is 24.3 Å². The van der Waals surface area contributed by atoms with Crippen LogP contribution in [0.2, 0.25) is 0 Å². The number of benzene rings is 1. The summed E-state index contributed by atoms with van der Waals surface area (Å²) in [6.07, 6.45) is 0. The van der Waals surface area contributed by atoms with Gasteiger partial charge in [-0.25, -0.2) is 4.39 Å². The van der Waals surface area contributed by atoms with Crippen LogP contribution in [-0.2, 0) is 16.1 Å². The number of rotatable bonds is 4. The Morgan fingerprint density at radius 3 is 2.75 bits per heavy atom. The molecule has 1 N–H and O–H groups in total. The first-order chi connectivity index (χ1) is 7.45. The molecule has 0 saturated heterocycles. The molecule has 0 atom stereocenters. The number of hydrogen-bond acceptors (Lipinski definition) is 3. The summed E-state index contributed by atoms with van der Waals surface area (Å²) < 4.78 is 17.5. The number of esters is 1. The molecule has 0 aromatic heterocycles. The van der Waals surface area contributed by atoms with Gasteiger partial charge < -0.3 is 4.74 Å². The van der Waals surface area contributed by atoms with E-state index in [-0.39, 0.29) is 11.8 Å². The minimum absolute atomic E-state index is 0.282. The summed E-state index contributed by atoms with van der Waals surface area (Å²) in [5.41, 5.74) is 0.0121. The molecular weight excluding hydrogens is 209 g/mol. The number of methoxy groups -OCH3 is 1. The minimum atomic E-state index is -0.777. The minimum Gasteiger partial charge on any atom is -0.468 e. The Balaban J connectivity index is 2.61. The van der Waals surface area contributed by atoms with E-state index in [1.54, 1.807) is 26.0 Å². The topological polar surface area (TPSA) is 38.3 Å². The molecule has 0 aliphatic heterocycles. The normalized spacial score (nSPS) is 11.2. The van der Waals surface area contributed by atoms with Gasteiger partial charge in [0.2, 0.25) is 0 Å². The quantitative estimate of drug-likeness (QED) is 0.795. The molecule has 0 bridgehead atoms. The van der Waals surface area contributed by atoms with Crippen molar-refractivity contribution in [1.29, 1.82) is 0 Å². The second-order valence-corrected chi connectivity index (χ2v) is 4.10. The molecule has 4 heteroatoms. The second-order valence-electron chi connectivity index (χ2n) is 4.10. The van der Waals surface area contributed by atoms with Crippen LogP contribution in [0.3, 0.4) is 0 Å². The number of carbonyl (C=O) groups excluding carboxylic acids is 1. The molecule has 0 amide bonds. The lowest BCUT2D eigenvalue weighted by Gasteiger charge is -2.23. The van der Waals surface area contributed by atoms with Crippen molar-refractivity contribution in [2.24, 2.45) is 0 Å². The van der Waals surface area contributed by atoms with Gasteiger partial charge >= 0.3 is 5.97 Å². The third kappa shape index (κ3) is 3.31. The highest BCUT2D eigenvalue weighted by atomic mass is 19.1. The Kier molecular flexibility index (Phi) is 4.01. The lowest BCUT2D eigenvalue weighted by Crippen LogP contribution is -2.46. The van der Waals surface area contributed by atoms with Crippen LogP contribution in [-0.4, -0.2) is 18.6 Å². The largest absolute Gasteiger partial charge is 0.468 e. The molecule has 1 aromatic carbocycles. The van der Waals surface area contributed by atoms with Gasteiger partial charge in [0.25, 0.3) is 0 Å². The SMILES string of the molecule is COC(=O)C(C)(C)NCc1cccc(F)c1. The van der Waals surface area contributed by atoms with Gasteiger partial charge in [0.05, 0.1) is 7.11 Å². The number of hydrogen-bond donors (Lipinski definition) is 1. The molecule has 1 rings (SSSR count). The van der Waals surface area contributed by atoms with E-state index in [0.717, 1.165) is 5.56 Å². The molecule has 0 fully saturated rings. The molecule has 1 aromatic rings. The fourth-order valence-corrected chi connectivity index (χ4v) is 1.30. The Hall–Kier alpha value is -1.42. The average Bonchev–Trinajstić information content (AvgIpc) is 2.25. The van der Waals surface area contributed by atoms with E-state index in [4.69, 9.17) is 0 Å². The smallest absolute Gasteiger partial charge is 0.325 e. The molecular formula is C12H16FNO2. The maximum absolute atomic E-state index is 12.9. The van der Waals surface area contributed by atoms with Crippen molar-refractivity contribution < 1.29 is 13.9 Å². The van der Waals surface area contributed by atoms with E-state index < -0.39 is 5.54 Å². The first-order valence-electron chi connectivity index (χ1n) is 5.03. The molecule has 3 nitrogen and oxygen atoms in total. The molecule has 0 unspecified atom stereocenters. The summed E-state index contributed by atoms with van der Waals surface area (Å²) in [7, 11) is 1.34. The van der Waals surface area contributed by atoms with Crippen molar-refractivity contribution in [2.45, 2.75) is 25.9 Å². The monoisotopic (exact) mass is 225 g/mol. The van der Waals surface area contributed by atoms with E-state index in [1.165, 1.54) is 19.2 Å². The van der Waals surface area contributed by atoms with Gasteiger partial charge in [0, 0.05) is 6.54 Å². The highest BCUT2D eigenvalue weighted by Gasteiger charge is 2.27. The predicted octanol–water partition coefficient (Wildman–Crippen LogP) is 1.87. The van der Waals surface area contributed by atoms with E-state index in [9.17, 15) is 9.18 Å². The summed E-state index contributed by atoms with van der Waals surface area (Å²) in [6, 6.07) is 6.25. The Labute approximate surface area is 94.6 Å². The average molecular weight is 225 g/mol. The molecule has 0 radical (unpaired) electrons. The zero-order valence-corrected chi connectivity index (χ0v) is 9.71. The number of carbonyl (C=O) groups is 1. The van der Waals surface area contributed by atoms with Crippen LogP contribution in [0, 0.1) is 5.82 Å². The summed E-state index contributed by atoms with van der Waals surface area (Å²) in [5, 5.41) is 3.01. The van der Waals surface area contributed by atoms with Gasteiger partial charge in [-0.2, -0.15) is 0 Å². The van der Waals surface area contributed by atoms with Crippen LogP contribution < -0.4 is 5.32 Å². The van der Waals surface area contributed by atoms with Crippen molar-refractivity contribution in [3.05, 3.63) is 35.6 Å². The van der Waals surface area contributed by atoms with Crippen LogP contribution in [0.4, 0.5) is 4.39 Å². The van der Waals surface area contributed by atoms with Crippen molar-refractivity contribution in [2.75, 3.05) is 7.11 Å². The third-order valence-electron chi connectivity index (χ3n) is 2.32. The summed E-state index contributed by atoms with van der Waals surface area (Å²) in [4.78, 5) is 11.4. The van der Waals surface area contributed by atoms with E-state index >= 15 is 0 Å². The molecule has 16 heavy (non-hydrogen) atoms. The van der Waals surface area contributed by atoms with Crippen molar-refractivity contribution >= 4 is 5.97 Å². The number of ether oxygens (including phenoxy) is 1. The van der Waals surface area contributed by atoms with Gasteiger partial charge in [-0.1, -0.05) is 12.1 Å². The van der Waals surface area contributed by atoms with Gasteiger partial charge in [-0.05, 0) is 31.5 Å². The summed E-state index contributed by atoms with van der Waals surface area (Å²) in [5.74, 6) is -0.626. The zero-order valence-electron chi connectivity index (χ0n) is 9.71. The lowest BCUT2D eigenvalue weighted by atomic mass is 10.1. The molecule has 0 aliphatic rings. The van der Waals surface area contributed by atoms with Crippen molar-refractivity contribution in [3.8, 4) is 0 Å². The molecule has 0 saturated carbocycles. The van der Waals surface area contributed by atoms with E-state index in [2.05, 4.69) is 10.1 Å². The van der Waals surface area contributed by atoms with Crippen LogP contribution in [0.5, 0.6) is 0 Å². The van der Waals surface area contributed by atoms with Crippen molar-refractivity contribution in [3.63, 3.8) is 0 Å². The highest BCUT2D eigenvalue weighted by Crippen LogP contribution is 2.08. The fourth-order valence-electron chi connectivity index (χ4n) is 1.30. The lowest BCUT2D eigenvalue weighted by molar-refractivity contribution is -0.147. The summed E-state index contributed by atoms with van der Waals surface area (Å²) >= 11 is 0. The summed E-state index contributed by atoms with van der Waals surface area (Å²) in [6.45, 7) is 3.86. The van der Waals surface area contributed by atoms with Crippen LogP contribution in [0.1, 0.15) is 19.4 Å². The number of halogens is 1. The maximum Gasteiger partial charge on any atom is 0.325 e. The van der Waals surface area contributed by atoms with Crippen LogP contribution >= 0.6 is 0 Å². The van der Waals surface area contributed by atoms with Gasteiger partial charge in [0.15, 0.2) is 0 Å². The molecule has 0 spiro atoms. The van der Waals surface area contributed by atoms with E-state index in [0.29, 0.717) is 6.54 Å². The standard InChI is InChI=1S/C12H16FNO2/c1-12(2,11(15)16-3)14-8-9-5-4-6-10(13)7-9/h4-7,14H,8H2,1-3H3. The second kappa shape index (κ2) is 5.07. The van der Waals surface area contributed by atoms with Gasteiger partial charge in [-0.3, -0.25) is 10.1 Å².